The molecule has 33 heavy (non-hydrogen) atoms. The van der Waals surface area contributed by atoms with Crippen LogP contribution in [0, 0.1) is 5.82 Å². The summed E-state index contributed by atoms with van der Waals surface area (Å²) in [4.78, 5) is 28.8. The molecule has 2 aromatic carbocycles. The van der Waals surface area contributed by atoms with Crippen LogP contribution in [-0.2, 0) is 16.1 Å². The number of esters is 1. The molecule has 0 spiro atoms. The second-order valence-corrected chi connectivity index (χ2v) is 8.89. The highest BCUT2D eigenvalue weighted by Crippen LogP contribution is 2.34. The summed E-state index contributed by atoms with van der Waals surface area (Å²) in [5.74, 6) is -0.829. The first kappa shape index (κ1) is 25.3. The number of hydrogen-bond acceptors (Lipinski definition) is 5. The molecule has 1 heterocycles. The maximum Gasteiger partial charge on any atom is 0.338 e. The van der Waals surface area contributed by atoms with Gasteiger partial charge in [0, 0.05) is 31.7 Å². The first-order valence-electron chi connectivity index (χ1n) is 10.8. The Labute approximate surface area is 203 Å². The van der Waals surface area contributed by atoms with Crippen LogP contribution in [0.3, 0.4) is 0 Å². The lowest BCUT2D eigenvalue weighted by Crippen LogP contribution is -2.58. The second-order valence-electron chi connectivity index (χ2n) is 8.08. The quantitative estimate of drug-likeness (QED) is 0.514. The van der Waals surface area contributed by atoms with Gasteiger partial charge in [-0.05, 0) is 50.6 Å². The van der Waals surface area contributed by atoms with E-state index in [2.05, 4.69) is 11.8 Å². The van der Waals surface area contributed by atoms with Crippen LogP contribution in [-0.4, -0.2) is 60.1 Å². The Morgan fingerprint density at radius 3 is 2.30 bits per heavy atom. The maximum absolute atomic E-state index is 13.2. The van der Waals surface area contributed by atoms with Crippen LogP contribution < -0.4 is 4.74 Å². The third kappa shape index (κ3) is 6.37. The molecule has 0 radical (unpaired) electrons. The minimum Gasteiger partial charge on any atom is -0.481 e. The van der Waals surface area contributed by atoms with Gasteiger partial charge in [-0.25, -0.2) is 9.18 Å². The van der Waals surface area contributed by atoms with E-state index in [1.54, 1.807) is 24.0 Å². The van der Waals surface area contributed by atoms with Gasteiger partial charge in [-0.1, -0.05) is 35.3 Å². The van der Waals surface area contributed by atoms with Crippen LogP contribution in [0.5, 0.6) is 5.75 Å². The molecule has 9 heteroatoms. The average molecular weight is 497 g/mol. The number of hydrogen-bond donors (Lipinski definition) is 0. The van der Waals surface area contributed by atoms with E-state index < -0.39 is 5.97 Å². The molecular formula is C24H27Cl2FN2O4. The number of ether oxygens (including phenoxy) is 2. The first-order valence-corrected chi connectivity index (χ1v) is 11.5. The zero-order valence-corrected chi connectivity index (χ0v) is 20.3. The lowest BCUT2D eigenvalue weighted by molar-refractivity contribution is -0.139. The first-order chi connectivity index (χ1) is 15.7. The number of rotatable bonds is 7. The van der Waals surface area contributed by atoms with Crippen molar-refractivity contribution in [2.45, 2.75) is 39.4 Å². The number of carbonyl (C=O) groups is 2. The molecule has 2 atom stereocenters. The van der Waals surface area contributed by atoms with Gasteiger partial charge in [-0.3, -0.25) is 9.69 Å². The van der Waals surface area contributed by atoms with Crippen molar-refractivity contribution in [2.24, 2.45) is 0 Å². The van der Waals surface area contributed by atoms with Crippen LogP contribution in [0.2, 0.25) is 10.0 Å². The number of piperazine rings is 1. The summed E-state index contributed by atoms with van der Waals surface area (Å²) in [6, 6.07) is 9.36. The third-order valence-corrected chi connectivity index (χ3v) is 6.15. The largest absolute Gasteiger partial charge is 0.481 e. The second kappa shape index (κ2) is 11.2. The molecular weight excluding hydrogens is 470 g/mol. The molecule has 1 aliphatic heterocycles. The molecule has 3 rings (SSSR count). The van der Waals surface area contributed by atoms with E-state index in [1.807, 2.05) is 6.92 Å². The van der Waals surface area contributed by atoms with E-state index in [0.29, 0.717) is 19.6 Å². The molecule has 1 fully saturated rings. The van der Waals surface area contributed by atoms with Gasteiger partial charge in [0.15, 0.2) is 12.4 Å². The SMILES string of the molecule is CCOC(=O)c1cc(Cl)c(OCC(=O)N2C[C@@H](C)N(Cc3ccc(F)cc3)C[C@@H]2C)c(Cl)c1. The lowest BCUT2D eigenvalue weighted by Gasteiger charge is -2.44. The van der Waals surface area contributed by atoms with E-state index >= 15 is 0 Å². The number of carbonyl (C=O) groups excluding carboxylic acids is 2. The van der Waals surface area contributed by atoms with Crippen molar-refractivity contribution >= 4 is 35.1 Å². The third-order valence-electron chi connectivity index (χ3n) is 5.58. The molecule has 2 aromatic rings. The van der Waals surface area contributed by atoms with Crippen molar-refractivity contribution in [3.8, 4) is 5.75 Å². The predicted molar refractivity (Wildman–Crippen MR) is 125 cm³/mol. The van der Waals surface area contributed by atoms with Crippen molar-refractivity contribution < 1.29 is 23.5 Å². The van der Waals surface area contributed by atoms with Crippen LogP contribution in [0.15, 0.2) is 36.4 Å². The zero-order valence-electron chi connectivity index (χ0n) is 18.8. The molecule has 1 amide bonds. The Balaban J connectivity index is 1.60. The van der Waals surface area contributed by atoms with Crippen molar-refractivity contribution in [3.63, 3.8) is 0 Å². The Morgan fingerprint density at radius 2 is 1.70 bits per heavy atom. The van der Waals surface area contributed by atoms with Gasteiger partial charge in [-0.15, -0.1) is 0 Å². The van der Waals surface area contributed by atoms with Gasteiger partial charge in [0.1, 0.15) is 5.82 Å². The molecule has 1 aliphatic rings. The summed E-state index contributed by atoms with van der Waals surface area (Å²) in [7, 11) is 0. The highest BCUT2D eigenvalue weighted by molar-refractivity contribution is 6.37. The van der Waals surface area contributed by atoms with Crippen LogP contribution >= 0.6 is 23.2 Å². The summed E-state index contributed by atoms with van der Waals surface area (Å²) >= 11 is 12.5. The van der Waals surface area contributed by atoms with E-state index in [4.69, 9.17) is 32.7 Å². The molecule has 1 saturated heterocycles. The minimum absolute atomic E-state index is 0.0325. The Kier molecular flexibility index (Phi) is 8.57. The normalized spacial score (nSPS) is 18.8. The van der Waals surface area contributed by atoms with Crippen LogP contribution in [0.4, 0.5) is 4.39 Å². The average Bonchev–Trinajstić information content (AvgIpc) is 2.76. The molecule has 0 aromatic heterocycles. The number of amides is 1. The zero-order chi connectivity index (χ0) is 24.1. The fourth-order valence-electron chi connectivity index (χ4n) is 3.84. The molecule has 0 aliphatic carbocycles. The summed E-state index contributed by atoms with van der Waals surface area (Å²) in [6.07, 6.45) is 0. The molecule has 6 nitrogen and oxygen atoms in total. The summed E-state index contributed by atoms with van der Waals surface area (Å²) in [5.41, 5.74) is 1.24. The highest BCUT2D eigenvalue weighted by Gasteiger charge is 2.32. The van der Waals surface area contributed by atoms with Crippen LogP contribution in [0.1, 0.15) is 36.7 Å². The lowest BCUT2D eigenvalue weighted by atomic mass is 10.1. The molecule has 0 unspecified atom stereocenters. The van der Waals surface area contributed by atoms with E-state index in [-0.39, 0.29) is 58.4 Å². The van der Waals surface area contributed by atoms with Crippen molar-refractivity contribution in [1.82, 2.24) is 9.80 Å². The van der Waals surface area contributed by atoms with Crippen molar-refractivity contribution in [3.05, 3.63) is 63.4 Å². The monoisotopic (exact) mass is 496 g/mol. The topological polar surface area (TPSA) is 59.1 Å². The van der Waals surface area contributed by atoms with Crippen molar-refractivity contribution in [2.75, 3.05) is 26.3 Å². The van der Waals surface area contributed by atoms with E-state index in [0.717, 1.165) is 5.56 Å². The summed E-state index contributed by atoms with van der Waals surface area (Å²) < 4.78 is 23.8. The van der Waals surface area contributed by atoms with E-state index in [9.17, 15) is 14.0 Å². The van der Waals surface area contributed by atoms with Gasteiger partial charge in [0.2, 0.25) is 0 Å². The van der Waals surface area contributed by atoms with Crippen LogP contribution in [0.25, 0.3) is 0 Å². The summed E-state index contributed by atoms with van der Waals surface area (Å²) in [6.45, 7) is 7.64. The van der Waals surface area contributed by atoms with Gasteiger partial charge < -0.3 is 14.4 Å². The Hall–Kier alpha value is -2.35. The standard InChI is InChI=1S/C24H27Cl2FN2O4/c1-4-32-24(31)18-9-20(25)23(21(26)10-18)33-14-22(30)29-12-15(2)28(11-16(29)3)13-17-5-7-19(27)8-6-17/h5-10,15-16H,4,11-14H2,1-3H3/t15-,16+/m1/s1. The molecule has 0 bridgehead atoms. The van der Waals surface area contributed by atoms with Gasteiger partial charge in [0.25, 0.3) is 5.91 Å². The fraction of sp³-hybridized carbons (Fsp3) is 0.417. The minimum atomic E-state index is -0.537. The molecule has 0 saturated carbocycles. The van der Waals surface area contributed by atoms with E-state index in [1.165, 1.54) is 24.3 Å². The molecule has 0 N–H and O–H groups in total. The van der Waals surface area contributed by atoms with Gasteiger partial charge in [0.05, 0.1) is 22.2 Å². The van der Waals surface area contributed by atoms with Gasteiger partial charge in [-0.2, -0.15) is 0 Å². The smallest absolute Gasteiger partial charge is 0.338 e. The highest BCUT2D eigenvalue weighted by atomic mass is 35.5. The number of benzene rings is 2. The van der Waals surface area contributed by atoms with Gasteiger partial charge >= 0.3 is 5.97 Å². The fourth-order valence-corrected chi connectivity index (χ4v) is 4.43. The number of nitrogens with zero attached hydrogens (tertiary/aromatic N) is 2. The molecule has 178 valence electrons. The summed E-state index contributed by atoms with van der Waals surface area (Å²) in [5, 5.41) is 0.257. The predicted octanol–water partition coefficient (Wildman–Crippen LogP) is 4.81. The maximum atomic E-state index is 13.2. The Morgan fingerprint density at radius 1 is 1.06 bits per heavy atom. The number of halogens is 3. The Bertz CT molecular complexity index is 979. The van der Waals surface area contributed by atoms with Crippen molar-refractivity contribution in [1.29, 1.82) is 0 Å².